The minimum absolute atomic E-state index is 0.676. The van der Waals surface area contributed by atoms with Crippen molar-refractivity contribution in [3.8, 4) is 0 Å². The molecule has 0 fully saturated rings. The van der Waals surface area contributed by atoms with Gasteiger partial charge in [-0.25, -0.2) is 0 Å². The van der Waals surface area contributed by atoms with E-state index in [1.54, 1.807) is 18.0 Å². The Hall–Kier alpha value is -1.32. The van der Waals surface area contributed by atoms with Crippen LogP contribution in [0.5, 0.6) is 0 Å². The monoisotopic (exact) mass is 168 g/mol. The van der Waals surface area contributed by atoms with Gasteiger partial charge in [-0.05, 0) is 13.3 Å². The third-order valence-electron chi connectivity index (χ3n) is 1.63. The topological polar surface area (TPSA) is 46.3 Å². The van der Waals surface area contributed by atoms with E-state index >= 15 is 0 Å². The predicted molar refractivity (Wildman–Crippen MR) is 44.9 cm³/mol. The SMILES string of the molecule is CCCN(C=O)c1cnoc1C. The first-order valence-electron chi connectivity index (χ1n) is 3.92. The van der Waals surface area contributed by atoms with Crippen molar-refractivity contribution in [1.29, 1.82) is 0 Å². The zero-order chi connectivity index (χ0) is 8.97. The lowest BCUT2D eigenvalue weighted by atomic mass is 10.3. The summed E-state index contributed by atoms with van der Waals surface area (Å²) in [4.78, 5) is 12.2. The molecular weight excluding hydrogens is 156 g/mol. The van der Waals surface area contributed by atoms with Crippen LogP contribution in [0.2, 0.25) is 0 Å². The first kappa shape index (κ1) is 8.77. The van der Waals surface area contributed by atoms with Crippen LogP contribution in [0.3, 0.4) is 0 Å². The number of nitrogens with zero attached hydrogens (tertiary/aromatic N) is 2. The highest BCUT2D eigenvalue weighted by Crippen LogP contribution is 2.17. The third-order valence-corrected chi connectivity index (χ3v) is 1.63. The summed E-state index contributed by atoms with van der Waals surface area (Å²) >= 11 is 0. The van der Waals surface area contributed by atoms with Crippen molar-refractivity contribution in [2.75, 3.05) is 11.4 Å². The Morgan fingerprint density at radius 3 is 2.92 bits per heavy atom. The normalized spacial score (nSPS) is 9.83. The minimum Gasteiger partial charge on any atom is -0.359 e. The Morgan fingerprint density at radius 2 is 2.50 bits per heavy atom. The maximum absolute atomic E-state index is 10.6. The van der Waals surface area contributed by atoms with Crippen molar-refractivity contribution < 1.29 is 9.32 Å². The molecule has 0 bridgehead atoms. The van der Waals surface area contributed by atoms with Crippen molar-refractivity contribution in [3.63, 3.8) is 0 Å². The first-order chi connectivity index (χ1) is 5.79. The molecule has 0 saturated carbocycles. The fourth-order valence-corrected chi connectivity index (χ4v) is 1.04. The molecule has 1 heterocycles. The van der Waals surface area contributed by atoms with Crippen LogP contribution < -0.4 is 4.90 Å². The average Bonchev–Trinajstić information content (AvgIpc) is 2.47. The second-order valence-corrected chi connectivity index (χ2v) is 2.57. The molecule has 0 atom stereocenters. The Balaban J connectivity index is 2.79. The van der Waals surface area contributed by atoms with Gasteiger partial charge < -0.3 is 9.42 Å². The molecule has 0 aromatic carbocycles. The van der Waals surface area contributed by atoms with Crippen molar-refractivity contribution in [2.45, 2.75) is 20.3 Å². The summed E-state index contributed by atoms with van der Waals surface area (Å²) in [5, 5.41) is 3.60. The number of amides is 1. The summed E-state index contributed by atoms with van der Waals surface area (Å²) in [6.45, 7) is 4.50. The van der Waals surface area contributed by atoms with E-state index in [4.69, 9.17) is 4.52 Å². The van der Waals surface area contributed by atoms with Gasteiger partial charge in [0.05, 0.1) is 6.20 Å². The number of hydrogen-bond acceptors (Lipinski definition) is 3. The molecule has 12 heavy (non-hydrogen) atoms. The van der Waals surface area contributed by atoms with E-state index in [0.717, 1.165) is 18.5 Å². The van der Waals surface area contributed by atoms with Gasteiger partial charge in [-0.1, -0.05) is 12.1 Å². The van der Waals surface area contributed by atoms with Crippen LogP contribution in [-0.4, -0.2) is 18.1 Å². The number of anilines is 1. The molecule has 1 amide bonds. The van der Waals surface area contributed by atoms with Gasteiger partial charge in [-0.2, -0.15) is 0 Å². The van der Waals surface area contributed by atoms with Crippen molar-refractivity contribution in [2.24, 2.45) is 0 Å². The number of aromatic nitrogens is 1. The van der Waals surface area contributed by atoms with Gasteiger partial charge >= 0.3 is 0 Å². The van der Waals surface area contributed by atoms with E-state index in [1.807, 2.05) is 6.92 Å². The molecule has 0 aliphatic heterocycles. The summed E-state index contributed by atoms with van der Waals surface area (Å²) in [6, 6.07) is 0. The van der Waals surface area contributed by atoms with Crippen LogP contribution >= 0.6 is 0 Å². The molecule has 0 spiro atoms. The summed E-state index contributed by atoms with van der Waals surface area (Å²) in [6.07, 6.45) is 3.27. The molecule has 1 aromatic rings. The second-order valence-electron chi connectivity index (χ2n) is 2.57. The van der Waals surface area contributed by atoms with E-state index in [2.05, 4.69) is 5.16 Å². The molecule has 66 valence electrons. The molecule has 0 radical (unpaired) electrons. The summed E-state index contributed by atoms with van der Waals surface area (Å²) < 4.78 is 4.84. The molecule has 1 rings (SSSR count). The van der Waals surface area contributed by atoms with E-state index in [1.165, 1.54) is 0 Å². The summed E-state index contributed by atoms with van der Waals surface area (Å²) in [5.74, 6) is 0.676. The zero-order valence-corrected chi connectivity index (χ0v) is 7.28. The number of carbonyl (C=O) groups is 1. The molecular formula is C8H12N2O2. The highest BCUT2D eigenvalue weighted by molar-refractivity contribution is 5.75. The molecule has 1 aromatic heterocycles. The lowest BCUT2D eigenvalue weighted by Gasteiger charge is -2.13. The lowest BCUT2D eigenvalue weighted by Crippen LogP contribution is -2.21. The maximum Gasteiger partial charge on any atom is 0.214 e. The van der Waals surface area contributed by atoms with Crippen LogP contribution in [0.1, 0.15) is 19.1 Å². The Labute approximate surface area is 71.1 Å². The van der Waals surface area contributed by atoms with Crippen molar-refractivity contribution in [1.82, 2.24) is 5.16 Å². The molecule has 0 unspecified atom stereocenters. The van der Waals surface area contributed by atoms with E-state index < -0.39 is 0 Å². The molecule has 0 aliphatic rings. The Kier molecular flexibility index (Phi) is 2.85. The van der Waals surface area contributed by atoms with Gasteiger partial charge in [-0.3, -0.25) is 4.79 Å². The lowest BCUT2D eigenvalue weighted by molar-refractivity contribution is -0.107. The maximum atomic E-state index is 10.6. The number of carbonyl (C=O) groups excluding carboxylic acids is 1. The molecule has 4 nitrogen and oxygen atoms in total. The first-order valence-corrected chi connectivity index (χ1v) is 3.92. The number of aryl methyl sites for hydroxylation is 1. The van der Waals surface area contributed by atoms with E-state index in [9.17, 15) is 4.79 Å². The van der Waals surface area contributed by atoms with Crippen LogP contribution in [0.25, 0.3) is 0 Å². The van der Waals surface area contributed by atoms with Gasteiger partial charge in [0.15, 0.2) is 5.76 Å². The smallest absolute Gasteiger partial charge is 0.214 e. The van der Waals surface area contributed by atoms with Gasteiger partial charge in [0.25, 0.3) is 0 Å². The van der Waals surface area contributed by atoms with Crippen molar-refractivity contribution >= 4 is 12.1 Å². The van der Waals surface area contributed by atoms with Crippen molar-refractivity contribution in [3.05, 3.63) is 12.0 Å². The standard InChI is InChI=1S/C8H12N2O2/c1-3-4-10(6-11)8-5-9-12-7(8)2/h5-6H,3-4H2,1-2H3. The van der Waals surface area contributed by atoms with Crippen LogP contribution in [0.15, 0.2) is 10.7 Å². The largest absolute Gasteiger partial charge is 0.359 e. The van der Waals surface area contributed by atoms with Crippen LogP contribution in [-0.2, 0) is 4.79 Å². The highest BCUT2D eigenvalue weighted by atomic mass is 16.5. The van der Waals surface area contributed by atoms with Gasteiger partial charge in [0.2, 0.25) is 6.41 Å². The zero-order valence-electron chi connectivity index (χ0n) is 7.28. The second kappa shape index (κ2) is 3.90. The predicted octanol–water partition coefficient (Wildman–Crippen LogP) is 1.36. The number of rotatable bonds is 4. The molecule has 0 N–H and O–H groups in total. The fraction of sp³-hybridized carbons (Fsp3) is 0.500. The van der Waals surface area contributed by atoms with Crippen LogP contribution in [0, 0.1) is 6.92 Å². The molecule has 4 heteroatoms. The minimum atomic E-state index is 0.676. The fourth-order valence-electron chi connectivity index (χ4n) is 1.04. The molecule has 0 saturated heterocycles. The summed E-state index contributed by atoms with van der Waals surface area (Å²) in [5.41, 5.74) is 0.756. The quantitative estimate of drug-likeness (QED) is 0.637. The third kappa shape index (κ3) is 1.64. The van der Waals surface area contributed by atoms with E-state index in [0.29, 0.717) is 12.3 Å². The van der Waals surface area contributed by atoms with Gasteiger partial charge in [0.1, 0.15) is 5.69 Å². The van der Waals surface area contributed by atoms with Crippen LogP contribution in [0.4, 0.5) is 5.69 Å². The Bertz CT molecular complexity index is 257. The summed E-state index contributed by atoms with van der Waals surface area (Å²) in [7, 11) is 0. The van der Waals surface area contributed by atoms with E-state index in [-0.39, 0.29) is 0 Å². The van der Waals surface area contributed by atoms with Gasteiger partial charge in [0, 0.05) is 6.54 Å². The number of hydrogen-bond donors (Lipinski definition) is 0. The average molecular weight is 168 g/mol. The van der Waals surface area contributed by atoms with Gasteiger partial charge in [-0.15, -0.1) is 0 Å². The molecule has 0 aliphatic carbocycles. The highest BCUT2D eigenvalue weighted by Gasteiger charge is 2.09. The Morgan fingerprint density at radius 1 is 1.75 bits per heavy atom.